The molecule has 1 aliphatic heterocycles. The van der Waals surface area contributed by atoms with Crippen molar-refractivity contribution in [2.24, 2.45) is 5.92 Å². The van der Waals surface area contributed by atoms with E-state index in [1.165, 1.54) is 6.92 Å². The van der Waals surface area contributed by atoms with Crippen molar-refractivity contribution in [3.8, 4) is 0 Å². The first-order chi connectivity index (χ1) is 14.2. The number of piperidine rings is 1. The second kappa shape index (κ2) is 12.5. The number of alkyl halides is 2. The number of urea groups is 1. The van der Waals surface area contributed by atoms with Crippen LogP contribution in [0, 0.1) is 11.3 Å². The van der Waals surface area contributed by atoms with Crippen molar-refractivity contribution in [3.63, 3.8) is 0 Å². The van der Waals surface area contributed by atoms with Crippen molar-refractivity contribution < 1.29 is 18.3 Å². The molecule has 0 aliphatic carbocycles. The van der Waals surface area contributed by atoms with E-state index in [2.05, 4.69) is 5.32 Å². The van der Waals surface area contributed by atoms with E-state index in [1.807, 2.05) is 18.2 Å². The number of amides is 2. The highest BCUT2D eigenvalue weighted by atomic mass is 19.3. The fourth-order valence-corrected chi connectivity index (χ4v) is 3.42. The van der Waals surface area contributed by atoms with Crippen LogP contribution in [-0.2, 0) is 11.3 Å². The summed E-state index contributed by atoms with van der Waals surface area (Å²) in [5.41, 5.74) is 9.06. The minimum absolute atomic E-state index is 0.0269. The van der Waals surface area contributed by atoms with Gasteiger partial charge in [0.2, 0.25) is 5.92 Å². The van der Waals surface area contributed by atoms with Gasteiger partial charge in [0.25, 0.3) is 0 Å². The highest BCUT2D eigenvalue weighted by molar-refractivity contribution is 6.04. The van der Waals surface area contributed by atoms with Crippen LogP contribution in [0.25, 0.3) is 0 Å². The molecule has 2 rings (SSSR count). The number of para-hydroxylation sites is 1. The lowest BCUT2D eigenvalue weighted by Crippen LogP contribution is -2.44. The van der Waals surface area contributed by atoms with Gasteiger partial charge in [-0.25, -0.2) is 13.6 Å². The van der Waals surface area contributed by atoms with E-state index in [-0.39, 0.29) is 24.8 Å². The summed E-state index contributed by atoms with van der Waals surface area (Å²) in [5, 5.41) is 11.1. The zero-order valence-corrected chi connectivity index (χ0v) is 18.6. The quantitative estimate of drug-likeness (QED) is 0.437. The van der Waals surface area contributed by atoms with Gasteiger partial charge >= 0.3 is 6.03 Å². The van der Waals surface area contributed by atoms with Crippen LogP contribution in [0.2, 0.25) is 0 Å². The lowest BCUT2D eigenvalue weighted by Gasteiger charge is -2.32. The molecule has 1 fully saturated rings. The molecule has 0 radical (unpaired) electrons. The maximum absolute atomic E-state index is 12.2. The normalized spacial score (nSPS) is 14.7. The summed E-state index contributed by atoms with van der Waals surface area (Å²) in [6.07, 6.45) is 2.16. The molecule has 30 heavy (non-hydrogen) atoms. The largest absolute Gasteiger partial charge is 0.398 e. The zero-order valence-electron chi connectivity index (χ0n) is 18.6. The summed E-state index contributed by atoms with van der Waals surface area (Å²) in [6.45, 7) is 5.07. The summed E-state index contributed by atoms with van der Waals surface area (Å²) in [4.78, 5) is 13.4. The first kappa shape index (κ1) is 25.8. The van der Waals surface area contributed by atoms with Crippen molar-refractivity contribution >= 4 is 17.4 Å². The van der Waals surface area contributed by atoms with E-state index in [0.717, 1.165) is 24.0 Å². The molecule has 0 bridgehead atoms. The molecule has 1 aromatic carbocycles. The summed E-state index contributed by atoms with van der Waals surface area (Å²) in [6, 6.07) is 5.67. The molecule has 0 aromatic heterocycles. The maximum Gasteiger partial charge on any atom is 0.317 e. The van der Waals surface area contributed by atoms with Crippen LogP contribution < -0.4 is 11.1 Å². The third kappa shape index (κ3) is 7.55. The number of nitrogens with zero attached hydrogens (tertiary/aromatic N) is 1. The Kier molecular flexibility index (Phi) is 10.7. The minimum atomic E-state index is -2.41. The number of carbonyl (C=O) groups excluding carboxylic acids is 1. The van der Waals surface area contributed by atoms with Gasteiger partial charge in [-0.3, -0.25) is 0 Å². The molecule has 0 spiro atoms. The van der Waals surface area contributed by atoms with Crippen LogP contribution >= 0.6 is 0 Å². The smallest absolute Gasteiger partial charge is 0.317 e. The van der Waals surface area contributed by atoms with Gasteiger partial charge in [0.1, 0.15) is 0 Å². The number of nitrogens with two attached hydrogens (primary N) is 1. The maximum atomic E-state index is 12.2. The van der Waals surface area contributed by atoms with E-state index in [4.69, 9.17) is 15.9 Å². The molecule has 8 heteroatoms. The number of anilines is 1. The van der Waals surface area contributed by atoms with Crippen LogP contribution in [0.5, 0.6) is 0 Å². The molecule has 1 aromatic rings. The van der Waals surface area contributed by atoms with Crippen LogP contribution in [0.3, 0.4) is 0 Å². The molecule has 1 saturated heterocycles. The van der Waals surface area contributed by atoms with Gasteiger partial charge in [0, 0.05) is 68.5 Å². The topological polar surface area (TPSA) is 91.4 Å². The molecule has 1 aliphatic rings. The number of nitrogen functional groups attached to an aromatic ring is 1. The zero-order chi connectivity index (χ0) is 22.7. The molecular weight excluding hydrogens is 390 g/mol. The highest BCUT2D eigenvalue weighted by Gasteiger charge is 2.26. The molecule has 0 atom stereocenters. The van der Waals surface area contributed by atoms with Crippen molar-refractivity contribution in [2.75, 3.05) is 33.0 Å². The fourth-order valence-electron chi connectivity index (χ4n) is 3.42. The Morgan fingerprint density at radius 3 is 2.43 bits per heavy atom. The van der Waals surface area contributed by atoms with Gasteiger partial charge < -0.3 is 26.1 Å². The fraction of sp³-hybridized carbons (Fsp3) is 0.636. The molecule has 0 unspecified atom stereocenters. The number of hydrogen-bond acceptors (Lipinski definition) is 4. The lowest BCUT2D eigenvalue weighted by atomic mass is 9.87. The average Bonchev–Trinajstić information content (AvgIpc) is 2.75. The van der Waals surface area contributed by atoms with Crippen molar-refractivity contribution in [2.45, 2.75) is 58.5 Å². The van der Waals surface area contributed by atoms with Gasteiger partial charge in [-0.1, -0.05) is 38.5 Å². The Balaban J connectivity index is 0.000000479. The van der Waals surface area contributed by atoms with Crippen LogP contribution in [0.15, 0.2) is 18.2 Å². The number of likely N-dealkylation sites (tertiary alicyclic amines) is 1. The van der Waals surface area contributed by atoms with E-state index in [0.29, 0.717) is 37.5 Å². The number of halogens is 2. The predicted molar refractivity (Wildman–Crippen MR) is 117 cm³/mol. The van der Waals surface area contributed by atoms with Gasteiger partial charge in [-0.15, -0.1) is 0 Å². The Bertz CT molecular complexity index is 690. The number of rotatable bonds is 7. The summed E-state index contributed by atoms with van der Waals surface area (Å²) >= 11 is 0. The number of hydrogen-bond donors (Lipinski definition) is 3. The Hall–Kier alpha value is -2.22. The summed E-state index contributed by atoms with van der Waals surface area (Å²) in [5.74, 6) is -2.27. The van der Waals surface area contributed by atoms with Crippen LogP contribution in [0.4, 0.5) is 19.3 Å². The van der Waals surface area contributed by atoms with Crippen molar-refractivity contribution in [1.29, 1.82) is 5.41 Å². The molecule has 1 heterocycles. The number of methoxy groups -OCH3 is 1. The predicted octanol–water partition coefficient (Wildman–Crippen LogP) is 4.67. The molecular formula is C22H36F2N4O2. The summed E-state index contributed by atoms with van der Waals surface area (Å²) in [7, 11) is 3.27. The summed E-state index contributed by atoms with van der Waals surface area (Å²) < 4.78 is 29.4. The lowest BCUT2D eigenvalue weighted by molar-refractivity contribution is -0.0119. The Labute approximate surface area is 178 Å². The van der Waals surface area contributed by atoms with Crippen LogP contribution in [-0.4, -0.2) is 49.8 Å². The van der Waals surface area contributed by atoms with Gasteiger partial charge in [0.05, 0.1) is 6.61 Å². The number of carbonyl (C=O) groups is 1. The first-order valence-electron chi connectivity index (χ1n) is 10.5. The van der Waals surface area contributed by atoms with E-state index < -0.39 is 5.92 Å². The van der Waals surface area contributed by atoms with Crippen LogP contribution in [0.1, 0.15) is 57.1 Å². The molecule has 2 amide bonds. The van der Waals surface area contributed by atoms with Crippen molar-refractivity contribution in [3.05, 3.63) is 29.3 Å². The SMILES string of the molecule is CCCC(F)(F)CC.CNC(=O)N1CCC(C(=N)c2cccc(COC)c2N)CC1. The van der Waals surface area contributed by atoms with Gasteiger partial charge in [-0.2, -0.15) is 0 Å². The van der Waals surface area contributed by atoms with Gasteiger partial charge in [-0.05, 0) is 12.8 Å². The third-order valence-corrected chi connectivity index (χ3v) is 5.32. The monoisotopic (exact) mass is 426 g/mol. The molecule has 6 nitrogen and oxygen atoms in total. The van der Waals surface area contributed by atoms with E-state index in [9.17, 15) is 13.6 Å². The van der Waals surface area contributed by atoms with E-state index in [1.54, 1.807) is 26.0 Å². The second-order valence-corrected chi connectivity index (χ2v) is 7.50. The number of benzene rings is 1. The van der Waals surface area contributed by atoms with Gasteiger partial charge in [0.15, 0.2) is 0 Å². The molecule has 0 saturated carbocycles. The highest BCUT2D eigenvalue weighted by Crippen LogP contribution is 2.27. The minimum Gasteiger partial charge on any atom is -0.398 e. The Morgan fingerprint density at radius 2 is 1.97 bits per heavy atom. The second-order valence-electron chi connectivity index (χ2n) is 7.50. The van der Waals surface area contributed by atoms with Crippen molar-refractivity contribution in [1.82, 2.24) is 10.2 Å². The van der Waals surface area contributed by atoms with E-state index >= 15 is 0 Å². The average molecular weight is 427 g/mol. The standard InChI is InChI=1S/C16H24N4O2.C6H12F2/c1-19-16(21)20-8-6-11(7-9-20)14(17)13-5-3-4-12(10-22-2)15(13)18;1-3-5-6(7,8)4-2/h3-5,11,17H,6-10,18H2,1-2H3,(H,19,21);3-5H2,1-2H3. The third-order valence-electron chi connectivity index (χ3n) is 5.32. The number of ether oxygens (including phenoxy) is 1. The molecule has 170 valence electrons. The molecule has 4 N–H and O–H groups in total. The first-order valence-corrected chi connectivity index (χ1v) is 10.5. The number of nitrogens with one attached hydrogen (secondary N) is 2. The Morgan fingerprint density at radius 1 is 1.33 bits per heavy atom.